The van der Waals surface area contributed by atoms with E-state index >= 15 is 0 Å². The van der Waals surface area contributed by atoms with E-state index in [-0.39, 0.29) is 47.2 Å². The summed E-state index contributed by atoms with van der Waals surface area (Å²) in [5, 5.41) is 30.3. The summed E-state index contributed by atoms with van der Waals surface area (Å²) in [6, 6.07) is 11.3. The molecule has 0 saturated carbocycles. The highest BCUT2D eigenvalue weighted by Crippen LogP contribution is 2.56. The van der Waals surface area contributed by atoms with Gasteiger partial charge in [0.05, 0.1) is 17.5 Å². The molecule has 0 aromatic heterocycles. The molecular weight excluding hydrogens is 497 g/mol. The molecule has 2 aromatic rings. The molecule has 1 saturated heterocycles. The Balaban J connectivity index is 1.49. The Morgan fingerprint density at radius 1 is 0.949 bits per heavy atom. The van der Waals surface area contributed by atoms with E-state index in [4.69, 9.17) is 0 Å². The number of fused-ring (bicyclic) bond motifs is 3. The predicted molar refractivity (Wildman–Crippen MR) is 143 cm³/mol. The second-order valence-electron chi connectivity index (χ2n) is 10.7. The van der Waals surface area contributed by atoms with Gasteiger partial charge in [0.2, 0.25) is 11.8 Å². The van der Waals surface area contributed by atoms with Crippen LogP contribution in [-0.2, 0) is 19.2 Å². The molecule has 1 fully saturated rings. The number of carbonyl (C=O) groups is 4. The number of amides is 2. The van der Waals surface area contributed by atoms with E-state index in [9.17, 15) is 34.3 Å². The van der Waals surface area contributed by atoms with Gasteiger partial charge in [0.25, 0.3) is 0 Å². The molecule has 3 N–H and O–H groups in total. The van der Waals surface area contributed by atoms with Crippen molar-refractivity contribution >= 4 is 41.6 Å². The molecular formula is C30H26BNO7. The van der Waals surface area contributed by atoms with Crippen LogP contribution in [0.5, 0.6) is 5.75 Å². The van der Waals surface area contributed by atoms with Gasteiger partial charge >= 0.3 is 7.12 Å². The van der Waals surface area contributed by atoms with Gasteiger partial charge in [-0.3, -0.25) is 24.1 Å². The average Bonchev–Trinajstić information content (AvgIpc) is 3.17. The minimum atomic E-state index is -1.76. The van der Waals surface area contributed by atoms with E-state index in [1.165, 1.54) is 18.2 Å². The number of phenols is 1. The van der Waals surface area contributed by atoms with Gasteiger partial charge in [-0.15, -0.1) is 0 Å². The molecule has 4 atom stereocenters. The van der Waals surface area contributed by atoms with Gasteiger partial charge in [-0.25, -0.2) is 0 Å². The van der Waals surface area contributed by atoms with Crippen molar-refractivity contribution in [3.63, 3.8) is 0 Å². The van der Waals surface area contributed by atoms with Crippen molar-refractivity contribution in [1.29, 1.82) is 0 Å². The topological polar surface area (TPSA) is 132 Å². The minimum Gasteiger partial charge on any atom is -0.507 e. The second kappa shape index (κ2) is 9.00. The van der Waals surface area contributed by atoms with Crippen molar-refractivity contribution in [2.24, 2.45) is 17.8 Å². The van der Waals surface area contributed by atoms with Crippen LogP contribution in [0.25, 0.3) is 0 Å². The number of hydrogen-bond acceptors (Lipinski definition) is 7. The summed E-state index contributed by atoms with van der Waals surface area (Å²) in [4.78, 5) is 55.3. The fourth-order valence-corrected chi connectivity index (χ4v) is 6.73. The fourth-order valence-electron chi connectivity index (χ4n) is 6.73. The summed E-state index contributed by atoms with van der Waals surface area (Å²) in [5.74, 6) is -4.00. The Bertz CT molecular complexity index is 1580. The van der Waals surface area contributed by atoms with Crippen LogP contribution in [0.4, 0.5) is 5.69 Å². The van der Waals surface area contributed by atoms with E-state index in [1.807, 2.05) is 6.08 Å². The molecule has 0 unspecified atom stereocenters. The van der Waals surface area contributed by atoms with Crippen molar-refractivity contribution in [2.75, 3.05) is 4.90 Å². The molecule has 1 aliphatic heterocycles. The zero-order valence-electron chi connectivity index (χ0n) is 21.4. The average molecular weight is 523 g/mol. The van der Waals surface area contributed by atoms with E-state index < -0.39 is 36.7 Å². The third-order valence-corrected chi connectivity index (χ3v) is 8.57. The number of nitrogens with zero attached hydrogens (tertiary/aromatic N) is 1. The number of hydrogen-bond donors (Lipinski definition) is 3. The van der Waals surface area contributed by atoms with Crippen LogP contribution < -0.4 is 10.4 Å². The second-order valence-corrected chi connectivity index (χ2v) is 10.7. The van der Waals surface area contributed by atoms with Crippen LogP contribution in [0.3, 0.4) is 0 Å². The molecule has 196 valence electrons. The molecule has 0 bridgehead atoms. The highest BCUT2D eigenvalue weighted by atomic mass is 16.4. The largest absolute Gasteiger partial charge is 0.507 e. The van der Waals surface area contributed by atoms with Crippen LogP contribution >= 0.6 is 0 Å². The van der Waals surface area contributed by atoms with Crippen molar-refractivity contribution in [1.82, 2.24) is 0 Å². The van der Waals surface area contributed by atoms with Gasteiger partial charge in [-0.05, 0) is 61.8 Å². The Morgan fingerprint density at radius 3 is 2.44 bits per heavy atom. The zero-order valence-corrected chi connectivity index (χ0v) is 21.4. The van der Waals surface area contributed by atoms with Gasteiger partial charge in [-0.1, -0.05) is 42.0 Å². The SMILES string of the molecule is CC1=CC(=O)C2=C(C[C@@H]3C(=CC[C@@H]4C(=O)N(c5cccc(B(O)O)c5)C(=O)[C@@H]43)[C@@H]2c2cccc(C)c2O)C1=O. The third kappa shape index (κ3) is 3.68. The number of aromatic hydroxyl groups is 1. The normalized spacial score (nSPS) is 26.2. The molecule has 4 aliphatic rings. The molecule has 3 aliphatic carbocycles. The van der Waals surface area contributed by atoms with Crippen LogP contribution in [0.2, 0.25) is 0 Å². The van der Waals surface area contributed by atoms with Crippen molar-refractivity contribution in [3.8, 4) is 5.75 Å². The summed E-state index contributed by atoms with van der Waals surface area (Å²) in [7, 11) is -1.76. The van der Waals surface area contributed by atoms with Crippen molar-refractivity contribution in [3.05, 3.63) is 88.0 Å². The maximum absolute atomic E-state index is 13.9. The number of carbonyl (C=O) groups excluding carboxylic acids is 4. The lowest BCUT2D eigenvalue weighted by atomic mass is 9.59. The quantitative estimate of drug-likeness (QED) is 0.243. The summed E-state index contributed by atoms with van der Waals surface area (Å²) in [6.45, 7) is 3.35. The number of ketones is 2. The first kappa shape index (κ1) is 25.2. The smallest absolute Gasteiger partial charge is 0.488 e. The lowest BCUT2D eigenvalue weighted by Gasteiger charge is -2.42. The molecule has 1 heterocycles. The Kier molecular flexibility index (Phi) is 5.82. The number of phenolic OH excluding ortho intramolecular Hbond substituents is 1. The molecule has 39 heavy (non-hydrogen) atoms. The molecule has 2 aromatic carbocycles. The fraction of sp³-hybridized carbons (Fsp3) is 0.267. The van der Waals surface area contributed by atoms with Crippen LogP contribution in [0.1, 0.15) is 36.8 Å². The third-order valence-electron chi connectivity index (χ3n) is 8.57. The predicted octanol–water partition coefficient (Wildman–Crippen LogP) is 2.01. The minimum absolute atomic E-state index is 0.0272. The zero-order chi connectivity index (χ0) is 27.7. The number of anilines is 1. The molecule has 8 nitrogen and oxygen atoms in total. The maximum Gasteiger partial charge on any atom is 0.488 e. The first-order chi connectivity index (χ1) is 18.6. The molecule has 0 radical (unpaired) electrons. The number of imide groups is 1. The van der Waals surface area contributed by atoms with Crippen molar-refractivity contribution in [2.45, 2.75) is 32.6 Å². The van der Waals surface area contributed by atoms with E-state index in [0.29, 0.717) is 27.8 Å². The highest BCUT2D eigenvalue weighted by molar-refractivity contribution is 6.58. The first-order valence-corrected chi connectivity index (χ1v) is 12.9. The maximum atomic E-state index is 13.9. The Hall–Kier alpha value is -4.08. The number of para-hydroxylation sites is 1. The highest BCUT2D eigenvalue weighted by Gasteiger charge is 2.56. The Labute approximate surface area is 225 Å². The van der Waals surface area contributed by atoms with Crippen molar-refractivity contribution < 1.29 is 34.3 Å². The van der Waals surface area contributed by atoms with Crippen LogP contribution in [0, 0.1) is 24.7 Å². The summed E-state index contributed by atoms with van der Waals surface area (Å²) < 4.78 is 0. The summed E-state index contributed by atoms with van der Waals surface area (Å²) >= 11 is 0. The lowest BCUT2D eigenvalue weighted by Crippen LogP contribution is -2.40. The van der Waals surface area contributed by atoms with E-state index in [2.05, 4.69) is 0 Å². The van der Waals surface area contributed by atoms with Gasteiger partial charge in [0.15, 0.2) is 11.6 Å². The first-order valence-electron chi connectivity index (χ1n) is 12.9. The van der Waals surface area contributed by atoms with Crippen LogP contribution in [-0.4, -0.2) is 45.7 Å². The number of Topliss-reactive ketones (excluding diaryl/α,β-unsaturated/α-hetero) is 1. The number of aryl methyl sites for hydroxylation is 1. The molecule has 2 amide bonds. The standard InChI is InChI=1S/C30H26BNO7/c1-14-5-3-8-19(27(14)34)24-18-9-10-20-25(21(18)13-22-26(24)23(33)11-15(2)28(22)35)30(37)32(29(20)36)17-7-4-6-16(12-17)31(38)39/h3-9,11-12,20-21,24-25,34,38-39H,10,13H2,1-2H3/t20-,21+,24+,25-/m0/s1. The molecule has 9 heteroatoms. The van der Waals surface area contributed by atoms with Gasteiger partial charge in [-0.2, -0.15) is 0 Å². The Morgan fingerprint density at radius 2 is 1.69 bits per heavy atom. The number of allylic oxidation sites excluding steroid dienone is 6. The number of benzene rings is 2. The summed E-state index contributed by atoms with van der Waals surface area (Å²) in [5.41, 5.74) is 3.24. The number of rotatable bonds is 3. The molecule has 0 spiro atoms. The van der Waals surface area contributed by atoms with E-state index in [0.717, 1.165) is 10.5 Å². The lowest BCUT2D eigenvalue weighted by molar-refractivity contribution is -0.123. The monoisotopic (exact) mass is 523 g/mol. The van der Waals surface area contributed by atoms with Crippen LogP contribution in [0.15, 0.2) is 76.9 Å². The van der Waals surface area contributed by atoms with Gasteiger partial charge in [0.1, 0.15) is 5.75 Å². The van der Waals surface area contributed by atoms with Gasteiger partial charge in [0, 0.05) is 28.2 Å². The van der Waals surface area contributed by atoms with Gasteiger partial charge < -0.3 is 15.2 Å². The van der Waals surface area contributed by atoms with E-state index in [1.54, 1.807) is 44.2 Å². The summed E-state index contributed by atoms with van der Waals surface area (Å²) in [6.07, 6.45) is 3.64. The molecule has 6 rings (SSSR count).